The molecule has 0 spiro atoms. The molecule has 0 amide bonds. The van der Waals surface area contributed by atoms with Gasteiger partial charge in [0.2, 0.25) is 0 Å². The number of hydrogen-bond acceptors (Lipinski definition) is 2. The normalized spacial score (nSPS) is 14.6. The van der Waals surface area contributed by atoms with Crippen molar-refractivity contribution in [2.45, 2.75) is 52.1 Å². The van der Waals surface area contributed by atoms with Crippen molar-refractivity contribution in [3.05, 3.63) is 47.0 Å². The summed E-state index contributed by atoms with van der Waals surface area (Å²) < 4.78 is 15.1. The Morgan fingerprint density at radius 1 is 1.19 bits per heavy atom. The maximum Gasteiger partial charge on any atom is 0.123 e. The van der Waals surface area contributed by atoms with Crippen LogP contribution < -0.4 is 5.32 Å². The summed E-state index contributed by atoms with van der Waals surface area (Å²) in [5.41, 5.74) is 4.62. The van der Waals surface area contributed by atoms with Gasteiger partial charge in [-0.3, -0.25) is 0 Å². The van der Waals surface area contributed by atoms with Gasteiger partial charge in [-0.25, -0.2) is 9.07 Å². The topological polar surface area (TPSA) is 29.9 Å². The second kappa shape index (κ2) is 5.98. The highest BCUT2D eigenvalue weighted by Gasteiger charge is 2.23. The van der Waals surface area contributed by atoms with Crippen LogP contribution in [0.4, 0.5) is 4.39 Å². The maximum absolute atomic E-state index is 13.1. The fourth-order valence-corrected chi connectivity index (χ4v) is 2.72. The van der Waals surface area contributed by atoms with Gasteiger partial charge in [0, 0.05) is 23.8 Å². The van der Waals surface area contributed by atoms with Crippen molar-refractivity contribution < 1.29 is 4.39 Å². The van der Waals surface area contributed by atoms with Gasteiger partial charge < -0.3 is 5.32 Å². The van der Waals surface area contributed by atoms with Crippen LogP contribution in [0.2, 0.25) is 0 Å². The van der Waals surface area contributed by atoms with Crippen LogP contribution in [-0.2, 0) is 19.4 Å². The molecule has 1 fully saturated rings. The number of nitrogens with zero attached hydrogens (tertiary/aromatic N) is 2. The van der Waals surface area contributed by atoms with Crippen LogP contribution in [0.5, 0.6) is 0 Å². The molecule has 3 rings (SSSR count). The Bertz CT molecular complexity index is 612. The SMILES string of the molecule is CCc1nn(-c2ccc(F)cc2)c(CC)c1CNC1CC1. The molecule has 0 atom stereocenters. The Hall–Kier alpha value is -1.68. The van der Waals surface area contributed by atoms with Crippen LogP contribution in [0, 0.1) is 5.82 Å². The van der Waals surface area contributed by atoms with E-state index in [4.69, 9.17) is 5.10 Å². The van der Waals surface area contributed by atoms with Crippen LogP contribution >= 0.6 is 0 Å². The lowest BCUT2D eigenvalue weighted by atomic mass is 10.1. The van der Waals surface area contributed by atoms with Crippen molar-refractivity contribution in [2.75, 3.05) is 0 Å². The van der Waals surface area contributed by atoms with Crippen LogP contribution in [0.1, 0.15) is 43.6 Å². The van der Waals surface area contributed by atoms with Gasteiger partial charge in [-0.15, -0.1) is 0 Å². The van der Waals surface area contributed by atoms with Crippen molar-refractivity contribution in [3.63, 3.8) is 0 Å². The second-order valence-electron chi connectivity index (χ2n) is 5.62. The van der Waals surface area contributed by atoms with E-state index in [9.17, 15) is 4.39 Å². The lowest BCUT2D eigenvalue weighted by molar-refractivity contribution is 0.626. The van der Waals surface area contributed by atoms with Gasteiger partial charge in [-0.2, -0.15) is 5.10 Å². The zero-order chi connectivity index (χ0) is 14.8. The summed E-state index contributed by atoms with van der Waals surface area (Å²) in [6, 6.07) is 7.25. The molecule has 1 N–H and O–H groups in total. The number of benzene rings is 1. The third-order valence-corrected chi connectivity index (χ3v) is 4.06. The predicted octanol–water partition coefficient (Wildman–Crippen LogP) is 3.39. The highest BCUT2D eigenvalue weighted by Crippen LogP contribution is 2.23. The summed E-state index contributed by atoms with van der Waals surface area (Å²) in [5.74, 6) is -0.213. The number of aryl methyl sites for hydroxylation is 1. The van der Waals surface area contributed by atoms with Gasteiger partial charge in [0.1, 0.15) is 5.82 Å². The van der Waals surface area contributed by atoms with E-state index in [1.54, 1.807) is 12.1 Å². The third kappa shape index (κ3) is 3.00. The first kappa shape index (κ1) is 14.3. The molecule has 1 heterocycles. The molecule has 21 heavy (non-hydrogen) atoms. The van der Waals surface area contributed by atoms with E-state index in [0.29, 0.717) is 6.04 Å². The first-order valence-corrected chi connectivity index (χ1v) is 7.81. The summed E-state index contributed by atoms with van der Waals surface area (Å²) in [7, 11) is 0. The highest BCUT2D eigenvalue weighted by molar-refractivity contribution is 5.38. The molecule has 2 aromatic rings. The molecule has 1 aromatic carbocycles. The molecule has 112 valence electrons. The van der Waals surface area contributed by atoms with Crippen molar-refractivity contribution >= 4 is 0 Å². The van der Waals surface area contributed by atoms with Crippen LogP contribution in [0.25, 0.3) is 5.69 Å². The van der Waals surface area contributed by atoms with Crippen molar-refractivity contribution in [1.82, 2.24) is 15.1 Å². The number of hydrogen-bond donors (Lipinski definition) is 1. The number of nitrogens with one attached hydrogen (secondary N) is 1. The third-order valence-electron chi connectivity index (χ3n) is 4.06. The van der Waals surface area contributed by atoms with Gasteiger partial charge in [-0.1, -0.05) is 13.8 Å². The fourth-order valence-electron chi connectivity index (χ4n) is 2.72. The molecule has 1 saturated carbocycles. The molecule has 1 aromatic heterocycles. The highest BCUT2D eigenvalue weighted by atomic mass is 19.1. The summed E-state index contributed by atoms with van der Waals surface area (Å²) in [6.45, 7) is 5.17. The Labute approximate surface area is 125 Å². The lowest BCUT2D eigenvalue weighted by Crippen LogP contribution is -2.17. The molecule has 0 saturated heterocycles. The first-order chi connectivity index (χ1) is 10.2. The Morgan fingerprint density at radius 2 is 1.90 bits per heavy atom. The van der Waals surface area contributed by atoms with E-state index in [2.05, 4.69) is 19.2 Å². The van der Waals surface area contributed by atoms with E-state index < -0.39 is 0 Å². The Kier molecular flexibility index (Phi) is 4.06. The van der Waals surface area contributed by atoms with E-state index in [0.717, 1.165) is 30.8 Å². The van der Waals surface area contributed by atoms with Crippen LogP contribution in [-0.4, -0.2) is 15.8 Å². The second-order valence-corrected chi connectivity index (χ2v) is 5.62. The summed E-state index contributed by atoms with van der Waals surface area (Å²) in [4.78, 5) is 0. The summed E-state index contributed by atoms with van der Waals surface area (Å²) in [5, 5.41) is 8.33. The minimum atomic E-state index is -0.213. The first-order valence-electron chi connectivity index (χ1n) is 7.81. The minimum Gasteiger partial charge on any atom is -0.310 e. The monoisotopic (exact) mass is 287 g/mol. The van der Waals surface area contributed by atoms with E-state index >= 15 is 0 Å². The van der Waals surface area contributed by atoms with Gasteiger partial charge in [0.05, 0.1) is 11.4 Å². The van der Waals surface area contributed by atoms with Gasteiger partial charge in [0.25, 0.3) is 0 Å². The Morgan fingerprint density at radius 3 is 2.48 bits per heavy atom. The molecule has 1 aliphatic rings. The Balaban J connectivity index is 1.96. The van der Waals surface area contributed by atoms with Crippen molar-refractivity contribution in [1.29, 1.82) is 0 Å². The molecule has 4 heteroatoms. The molecular weight excluding hydrogens is 265 g/mol. The minimum absolute atomic E-state index is 0.213. The molecule has 3 nitrogen and oxygen atoms in total. The standard InChI is InChI=1S/C17H22FN3/c1-3-16-15(11-19-13-7-8-13)17(4-2)21(20-16)14-9-5-12(18)6-10-14/h5-6,9-10,13,19H,3-4,7-8,11H2,1-2H3. The summed E-state index contributed by atoms with van der Waals surface area (Å²) >= 11 is 0. The van der Waals surface area contributed by atoms with E-state index in [1.807, 2.05) is 4.68 Å². The van der Waals surface area contributed by atoms with Crippen molar-refractivity contribution in [3.8, 4) is 5.69 Å². The quantitative estimate of drug-likeness (QED) is 0.882. The van der Waals surface area contributed by atoms with Crippen LogP contribution in [0.3, 0.4) is 0 Å². The van der Waals surface area contributed by atoms with Gasteiger partial charge >= 0.3 is 0 Å². The van der Waals surface area contributed by atoms with E-state index in [-0.39, 0.29) is 5.82 Å². The van der Waals surface area contributed by atoms with Crippen LogP contribution in [0.15, 0.2) is 24.3 Å². The molecule has 1 aliphatic carbocycles. The van der Waals surface area contributed by atoms with Crippen molar-refractivity contribution in [2.24, 2.45) is 0 Å². The largest absolute Gasteiger partial charge is 0.310 e. The zero-order valence-corrected chi connectivity index (χ0v) is 12.7. The lowest BCUT2D eigenvalue weighted by Gasteiger charge is -2.08. The average molecular weight is 287 g/mol. The molecule has 0 unspecified atom stereocenters. The molecule has 0 aliphatic heterocycles. The maximum atomic E-state index is 13.1. The zero-order valence-electron chi connectivity index (χ0n) is 12.7. The number of aromatic nitrogens is 2. The average Bonchev–Trinajstić information content (AvgIpc) is 3.26. The van der Waals surface area contributed by atoms with E-state index in [1.165, 1.54) is 36.2 Å². The van der Waals surface area contributed by atoms with Gasteiger partial charge in [-0.05, 0) is 49.9 Å². The van der Waals surface area contributed by atoms with Gasteiger partial charge in [0.15, 0.2) is 0 Å². The predicted molar refractivity (Wildman–Crippen MR) is 82.1 cm³/mol. The number of rotatable bonds is 6. The molecular formula is C17H22FN3. The molecule has 0 bridgehead atoms. The summed E-state index contributed by atoms with van der Waals surface area (Å²) in [6.07, 6.45) is 4.42. The fraction of sp³-hybridized carbons (Fsp3) is 0.471. The number of halogens is 1. The smallest absolute Gasteiger partial charge is 0.123 e. The molecule has 0 radical (unpaired) electrons.